The second kappa shape index (κ2) is 5.30. The molecular weight excluding hydrogens is 240 g/mol. The summed E-state index contributed by atoms with van der Waals surface area (Å²) in [7, 11) is 0. The number of anilines is 5. The molecule has 0 aliphatic rings. The molecule has 2 rings (SSSR count). The summed E-state index contributed by atoms with van der Waals surface area (Å²) in [6, 6.07) is 12.7. The van der Waals surface area contributed by atoms with Crippen LogP contribution in [0.4, 0.5) is 28.4 Å². The number of amides is 1. The van der Waals surface area contributed by atoms with E-state index < -0.39 is 0 Å². The second-order valence-electron chi connectivity index (χ2n) is 4.23. The molecule has 0 aliphatic heterocycles. The molecule has 0 radical (unpaired) electrons. The van der Waals surface area contributed by atoms with Crippen LogP contribution in [0.25, 0.3) is 0 Å². The van der Waals surface area contributed by atoms with Crippen LogP contribution in [0.2, 0.25) is 0 Å². The standard InChI is InChI=1S/C14H16N4O/c1-9(19)17-11-3-2-4-12(8-11)18-14-6-5-10(15)7-13(14)16/h2-8,18H,15-16H2,1H3,(H,17,19). The average molecular weight is 256 g/mol. The molecule has 0 saturated heterocycles. The lowest BCUT2D eigenvalue weighted by molar-refractivity contribution is -0.114. The van der Waals surface area contributed by atoms with Crippen LogP contribution in [0.5, 0.6) is 0 Å². The largest absolute Gasteiger partial charge is 0.399 e. The summed E-state index contributed by atoms with van der Waals surface area (Å²) < 4.78 is 0. The highest BCUT2D eigenvalue weighted by Crippen LogP contribution is 2.26. The van der Waals surface area contributed by atoms with Gasteiger partial charge >= 0.3 is 0 Å². The zero-order chi connectivity index (χ0) is 13.8. The Morgan fingerprint density at radius 2 is 1.79 bits per heavy atom. The minimum Gasteiger partial charge on any atom is -0.399 e. The van der Waals surface area contributed by atoms with E-state index >= 15 is 0 Å². The monoisotopic (exact) mass is 256 g/mol. The van der Waals surface area contributed by atoms with E-state index in [1.807, 2.05) is 30.3 Å². The van der Waals surface area contributed by atoms with Crippen molar-refractivity contribution < 1.29 is 4.79 Å². The van der Waals surface area contributed by atoms with Gasteiger partial charge in [-0.05, 0) is 36.4 Å². The number of hydrogen-bond acceptors (Lipinski definition) is 4. The van der Waals surface area contributed by atoms with Crippen molar-refractivity contribution in [2.24, 2.45) is 0 Å². The van der Waals surface area contributed by atoms with Crippen LogP contribution in [-0.2, 0) is 4.79 Å². The van der Waals surface area contributed by atoms with Crippen molar-refractivity contribution in [1.82, 2.24) is 0 Å². The number of nitrogens with one attached hydrogen (secondary N) is 2. The summed E-state index contributed by atoms with van der Waals surface area (Å²) in [5.41, 5.74) is 15.1. The van der Waals surface area contributed by atoms with Crippen LogP contribution < -0.4 is 22.1 Å². The van der Waals surface area contributed by atoms with Gasteiger partial charge in [0.05, 0.1) is 11.4 Å². The summed E-state index contributed by atoms with van der Waals surface area (Å²) in [6.45, 7) is 1.47. The Morgan fingerprint density at radius 3 is 2.47 bits per heavy atom. The van der Waals surface area contributed by atoms with Crippen molar-refractivity contribution in [2.75, 3.05) is 22.1 Å². The fraction of sp³-hybridized carbons (Fsp3) is 0.0714. The minimum absolute atomic E-state index is 0.107. The summed E-state index contributed by atoms with van der Waals surface area (Å²) in [5, 5.41) is 5.91. The normalized spacial score (nSPS) is 9.95. The molecule has 0 saturated carbocycles. The van der Waals surface area contributed by atoms with E-state index in [9.17, 15) is 4.79 Å². The van der Waals surface area contributed by atoms with Crippen molar-refractivity contribution in [3.63, 3.8) is 0 Å². The summed E-state index contributed by atoms with van der Waals surface area (Å²) >= 11 is 0. The van der Waals surface area contributed by atoms with Crippen LogP contribution in [0.1, 0.15) is 6.92 Å². The number of benzene rings is 2. The number of carbonyl (C=O) groups excluding carboxylic acids is 1. The molecule has 0 aliphatic carbocycles. The Morgan fingerprint density at radius 1 is 1.05 bits per heavy atom. The third kappa shape index (κ3) is 3.38. The molecule has 19 heavy (non-hydrogen) atoms. The predicted octanol–water partition coefficient (Wildman–Crippen LogP) is 2.55. The third-order valence-electron chi connectivity index (χ3n) is 2.54. The Hall–Kier alpha value is -2.69. The molecule has 0 unspecified atom stereocenters. The first-order valence-electron chi connectivity index (χ1n) is 5.84. The molecule has 2 aromatic rings. The van der Waals surface area contributed by atoms with E-state index in [2.05, 4.69) is 10.6 Å². The van der Waals surface area contributed by atoms with Gasteiger partial charge in [-0.15, -0.1) is 0 Å². The van der Waals surface area contributed by atoms with Crippen molar-refractivity contribution in [1.29, 1.82) is 0 Å². The molecule has 0 heterocycles. The van der Waals surface area contributed by atoms with Crippen LogP contribution in [0, 0.1) is 0 Å². The molecule has 2 aromatic carbocycles. The number of nitrogens with two attached hydrogens (primary N) is 2. The van der Waals surface area contributed by atoms with Gasteiger partial charge in [0.2, 0.25) is 5.91 Å². The van der Waals surface area contributed by atoms with Crippen molar-refractivity contribution in [3.05, 3.63) is 42.5 Å². The molecule has 98 valence electrons. The maximum atomic E-state index is 11.0. The molecule has 0 bridgehead atoms. The maximum absolute atomic E-state index is 11.0. The van der Waals surface area contributed by atoms with Gasteiger partial charge in [-0.3, -0.25) is 4.79 Å². The molecule has 0 aromatic heterocycles. The molecule has 5 nitrogen and oxygen atoms in total. The fourth-order valence-corrected chi connectivity index (χ4v) is 1.73. The first-order chi connectivity index (χ1) is 9.04. The highest BCUT2D eigenvalue weighted by molar-refractivity contribution is 5.89. The number of rotatable bonds is 3. The topological polar surface area (TPSA) is 93.2 Å². The molecule has 0 spiro atoms. The molecule has 0 atom stereocenters. The summed E-state index contributed by atoms with van der Waals surface area (Å²) in [5.74, 6) is -0.107. The molecule has 5 heteroatoms. The Balaban J connectivity index is 2.21. The number of carbonyl (C=O) groups is 1. The molecule has 6 N–H and O–H groups in total. The lowest BCUT2D eigenvalue weighted by atomic mass is 10.2. The maximum Gasteiger partial charge on any atom is 0.221 e. The third-order valence-corrected chi connectivity index (χ3v) is 2.54. The van der Waals surface area contributed by atoms with E-state index in [-0.39, 0.29) is 5.91 Å². The Bertz CT molecular complexity index is 610. The van der Waals surface area contributed by atoms with Gasteiger partial charge < -0.3 is 22.1 Å². The smallest absolute Gasteiger partial charge is 0.221 e. The highest BCUT2D eigenvalue weighted by atomic mass is 16.1. The van der Waals surface area contributed by atoms with E-state index in [1.54, 1.807) is 12.1 Å². The minimum atomic E-state index is -0.107. The predicted molar refractivity (Wildman–Crippen MR) is 79.3 cm³/mol. The van der Waals surface area contributed by atoms with Crippen molar-refractivity contribution >= 4 is 34.3 Å². The van der Waals surface area contributed by atoms with Gasteiger partial charge in [-0.2, -0.15) is 0 Å². The molecule has 1 amide bonds. The van der Waals surface area contributed by atoms with E-state index in [1.165, 1.54) is 6.92 Å². The van der Waals surface area contributed by atoms with Crippen molar-refractivity contribution in [3.8, 4) is 0 Å². The van der Waals surface area contributed by atoms with Gasteiger partial charge in [0.15, 0.2) is 0 Å². The van der Waals surface area contributed by atoms with Gasteiger partial charge in [0, 0.05) is 24.0 Å². The number of hydrogen-bond donors (Lipinski definition) is 4. The Labute approximate surface area is 111 Å². The van der Waals surface area contributed by atoms with Gasteiger partial charge in [0.1, 0.15) is 0 Å². The quantitative estimate of drug-likeness (QED) is 0.635. The molecule has 0 fully saturated rings. The van der Waals surface area contributed by atoms with Gasteiger partial charge in [0.25, 0.3) is 0 Å². The van der Waals surface area contributed by atoms with Gasteiger partial charge in [-0.25, -0.2) is 0 Å². The molecular formula is C14H16N4O. The van der Waals surface area contributed by atoms with Crippen LogP contribution in [0.3, 0.4) is 0 Å². The second-order valence-corrected chi connectivity index (χ2v) is 4.23. The van der Waals surface area contributed by atoms with Gasteiger partial charge in [-0.1, -0.05) is 6.07 Å². The zero-order valence-electron chi connectivity index (χ0n) is 10.6. The highest BCUT2D eigenvalue weighted by Gasteiger charge is 2.02. The summed E-state index contributed by atoms with van der Waals surface area (Å²) in [4.78, 5) is 11.0. The van der Waals surface area contributed by atoms with E-state index in [4.69, 9.17) is 11.5 Å². The number of nitrogen functional groups attached to an aromatic ring is 2. The summed E-state index contributed by atoms with van der Waals surface area (Å²) in [6.07, 6.45) is 0. The van der Waals surface area contributed by atoms with Crippen molar-refractivity contribution in [2.45, 2.75) is 6.92 Å². The zero-order valence-corrected chi connectivity index (χ0v) is 10.6. The lowest BCUT2D eigenvalue weighted by Gasteiger charge is -2.11. The van der Waals surface area contributed by atoms with E-state index in [0.717, 1.165) is 17.1 Å². The lowest BCUT2D eigenvalue weighted by Crippen LogP contribution is -2.06. The Kier molecular flexibility index (Phi) is 3.56. The first kappa shape index (κ1) is 12.8. The van der Waals surface area contributed by atoms with Crippen LogP contribution >= 0.6 is 0 Å². The SMILES string of the molecule is CC(=O)Nc1cccc(Nc2ccc(N)cc2N)c1. The fourth-order valence-electron chi connectivity index (χ4n) is 1.73. The van der Waals surface area contributed by atoms with E-state index in [0.29, 0.717) is 11.4 Å². The van der Waals surface area contributed by atoms with Crippen LogP contribution in [0.15, 0.2) is 42.5 Å². The van der Waals surface area contributed by atoms with Crippen LogP contribution in [-0.4, -0.2) is 5.91 Å². The average Bonchev–Trinajstić information content (AvgIpc) is 2.32. The first-order valence-corrected chi connectivity index (χ1v) is 5.84.